The highest BCUT2D eigenvalue weighted by molar-refractivity contribution is 5.33. The van der Waals surface area contributed by atoms with Crippen molar-refractivity contribution >= 4 is 0 Å². The summed E-state index contributed by atoms with van der Waals surface area (Å²) in [7, 11) is 0. The van der Waals surface area contributed by atoms with Gasteiger partial charge >= 0.3 is 6.18 Å². The van der Waals surface area contributed by atoms with E-state index in [4.69, 9.17) is 4.42 Å². The zero-order valence-electron chi connectivity index (χ0n) is 13.1. The van der Waals surface area contributed by atoms with Crippen LogP contribution in [0.4, 0.5) is 13.2 Å². The summed E-state index contributed by atoms with van der Waals surface area (Å²) in [5, 5.41) is 17.7. The Kier molecular flexibility index (Phi) is 4.60. The van der Waals surface area contributed by atoms with Crippen LogP contribution in [-0.4, -0.2) is 32.9 Å². The summed E-state index contributed by atoms with van der Waals surface area (Å²) in [4.78, 5) is 1.75. The normalized spacial score (nSPS) is 22.2. The molecular weight excluding hydrogens is 323 g/mol. The van der Waals surface area contributed by atoms with Crippen molar-refractivity contribution in [2.75, 3.05) is 6.54 Å². The van der Waals surface area contributed by atoms with E-state index in [0.29, 0.717) is 18.2 Å². The maximum Gasteiger partial charge on any atom is 0.416 e. The molecule has 2 atom stereocenters. The Labute approximate surface area is 137 Å². The molecule has 0 unspecified atom stereocenters. The number of hydrogen-bond acceptors (Lipinski definition) is 5. The second-order valence-electron chi connectivity index (χ2n) is 5.86. The van der Waals surface area contributed by atoms with Gasteiger partial charge in [0.05, 0.1) is 18.2 Å². The molecule has 2 heterocycles. The van der Waals surface area contributed by atoms with E-state index in [2.05, 4.69) is 10.2 Å². The van der Waals surface area contributed by atoms with Gasteiger partial charge in [-0.15, -0.1) is 10.2 Å². The van der Waals surface area contributed by atoms with Gasteiger partial charge in [-0.25, -0.2) is 0 Å². The van der Waals surface area contributed by atoms with Crippen molar-refractivity contribution in [1.29, 1.82) is 0 Å². The van der Waals surface area contributed by atoms with Gasteiger partial charge in [-0.1, -0.05) is 25.1 Å². The van der Waals surface area contributed by atoms with E-state index in [9.17, 15) is 18.3 Å². The third-order valence-corrected chi connectivity index (χ3v) is 4.16. The lowest BCUT2D eigenvalue weighted by Gasteiger charge is -2.25. The zero-order chi connectivity index (χ0) is 17.3. The summed E-state index contributed by atoms with van der Waals surface area (Å²) in [6.45, 7) is 2.35. The van der Waals surface area contributed by atoms with Gasteiger partial charge in [-0.3, -0.25) is 4.90 Å². The monoisotopic (exact) mass is 341 g/mol. The lowest BCUT2D eigenvalue weighted by molar-refractivity contribution is -0.138. The number of hydrogen-bond donors (Lipinski definition) is 1. The molecular formula is C16H18F3N3O2. The standard InChI is InChI=1S/C16H18F3N3O2/c1-2-14-20-21-15(24-14)9-22-8-10(23)7-13(22)11-5-3-4-6-12(11)16(17,18)19/h3-6,10,13,23H,2,7-9H2,1H3/t10-,13+/m0/s1. The second-order valence-corrected chi connectivity index (χ2v) is 5.86. The number of nitrogens with zero attached hydrogens (tertiary/aromatic N) is 3. The predicted octanol–water partition coefficient (Wildman–Crippen LogP) is 2.96. The SMILES string of the molecule is CCc1nnc(CN2C[C@@H](O)C[C@@H]2c2ccccc2C(F)(F)F)o1. The summed E-state index contributed by atoms with van der Waals surface area (Å²) in [6.07, 6.45) is -4.29. The number of benzene rings is 1. The maximum atomic E-state index is 13.3. The van der Waals surface area contributed by atoms with E-state index in [1.165, 1.54) is 12.1 Å². The van der Waals surface area contributed by atoms with Crippen LogP contribution in [0, 0.1) is 0 Å². The van der Waals surface area contributed by atoms with Crippen molar-refractivity contribution < 1.29 is 22.7 Å². The Hall–Kier alpha value is -1.93. The summed E-state index contributed by atoms with van der Waals surface area (Å²) in [5.74, 6) is 0.826. The van der Waals surface area contributed by atoms with Crippen LogP contribution in [0.25, 0.3) is 0 Å². The molecule has 0 aliphatic carbocycles. The van der Waals surface area contributed by atoms with Crippen LogP contribution in [0.15, 0.2) is 28.7 Å². The van der Waals surface area contributed by atoms with E-state index < -0.39 is 23.9 Å². The van der Waals surface area contributed by atoms with E-state index in [1.54, 1.807) is 11.0 Å². The van der Waals surface area contributed by atoms with Crippen LogP contribution in [0.2, 0.25) is 0 Å². The molecule has 0 bridgehead atoms. The number of halogens is 3. The van der Waals surface area contributed by atoms with Gasteiger partial charge in [-0.05, 0) is 18.1 Å². The number of aliphatic hydroxyl groups is 1. The number of aliphatic hydroxyl groups excluding tert-OH is 1. The minimum atomic E-state index is -4.43. The maximum absolute atomic E-state index is 13.3. The Bertz CT molecular complexity index is 702. The third kappa shape index (κ3) is 3.44. The molecule has 1 N–H and O–H groups in total. The highest BCUT2D eigenvalue weighted by Gasteiger charge is 2.40. The first kappa shape index (κ1) is 16.9. The number of likely N-dealkylation sites (tertiary alicyclic amines) is 1. The van der Waals surface area contributed by atoms with Crippen LogP contribution in [0.5, 0.6) is 0 Å². The van der Waals surface area contributed by atoms with E-state index in [1.807, 2.05) is 6.92 Å². The minimum absolute atomic E-state index is 0.164. The third-order valence-electron chi connectivity index (χ3n) is 4.16. The van der Waals surface area contributed by atoms with Crippen molar-refractivity contribution in [2.45, 2.75) is 44.6 Å². The summed E-state index contributed by atoms with van der Waals surface area (Å²) < 4.78 is 45.3. The average Bonchev–Trinajstić information content (AvgIpc) is 3.13. The quantitative estimate of drug-likeness (QED) is 0.926. The van der Waals surface area contributed by atoms with Gasteiger partial charge < -0.3 is 9.52 Å². The minimum Gasteiger partial charge on any atom is -0.424 e. The second kappa shape index (κ2) is 6.52. The number of aromatic nitrogens is 2. The molecule has 0 saturated carbocycles. The van der Waals surface area contributed by atoms with Gasteiger partial charge in [0.15, 0.2) is 0 Å². The molecule has 8 heteroatoms. The van der Waals surface area contributed by atoms with Crippen molar-refractivity contribution in [3.05, 3.63) is 47.2 Å². The highest BCUT2D eigenvalue weighted by Crippen LogP contribution is 2.40. The fourth-order valence-corrected chi connectivity index (χ4v) is 3.09. The van der Waals surface area contributed by atoms with Crippen LogP contribution < -0.4 is 0 Å². The number of rotatable bonds is 4. The topological polar surface area (TPSA) is 62.4 Å². The van der Waals surface area contributed by atoms with Gasteiger partial charge in [0.25, 0.3) is 0 Å². The van der Waals surface area contributed by atoms with Crippen molar-refractivity contribution in [3.63, 3.8) is 0 Å². The fraction of sp³-hybridized carbons (Fsp3) is 0.500. The molecule has 0 spiro atoms. The van der Waals surface area contributed by atoms with Gasteiger partial charge in [0, 0.05) is 19.0 Å². The first-order valence-electron chi connectivity index (χ1n) is 7.78. The molecule has 3 rings (SSSR count). The molecule has 5 nitrogen and oxygen atoms in total. The summed E-state index contributed by atoms with van der Waals surface area (Å²) in [5.41, 5.74) is -0.509. The lowest BCUT2D eigenvalue weighted by Crippen LogP contribution is -2.26. The van der Waals surface area contributed by atoms with Crippen molar-refractivity contribution in [1.82, 2.24) is 15.1 Å². The molecule has 1 saturated heterocycles. The Morgan fingerprint density at radius 2 is 1.96 bits per heavy atom. The van der Waals surface area contributed by atoms with Crippen molar-refractivity contribution in [3.8, 4) is 0 Å². The largest absolute Gasteiger partial charge is 0.424 e. The predicted molar refractivity (Wildman–Crippen MR) is 78.9 cm³/mol. The van der Waals surface area contributed by atoms with Crippen molar-refractivity contribution in [2.24, 2.45) is 0 Å². The zero-order valence-corrected chi connectivity index (χ0v) is 13.1. The Morgan fingerprint density at radius 1 is 1.25 bits per heavy atom. The van der Waals surface area contributed by atoms with Crippen LogP contribution in [0.1, 0.15) is 42.3 Å². The molecule has 1 aromatic carbocycles. The van der Waals surface area contributed by atoms with Crippen LogP contribution in [-0.2, 0) is 19.1 Å². The van der Waals surface area contributed by atoms with Gasteiger partial charge in [0.2, 0.25) is 11.8 Å². The summed E-state index contributed by atoms with van der Waals surface area (Å²) in [6, 6.07) is 4.93. The first-order valence-corrected chi connectivity index (χ1v) is 7.78. The fourth-order valence-electron chi connectivity index (χ4n) is 3.09. The molecule has 0 amide bonds. The molecule has 0 radical (unpaired) electrons. The first-order chi connectivity index (χ1) is 11.4. The molecule has 1 aliphatic rings. The molecule has 24 heavy (non-hydrogen) atoms. The average molecular weight is 341 g/mol. The molecule has 130 valence electrons. The van der Waals surface area contributed by atoms with Gasteiger partial charge in [0.1, 0.15) is 0 Å². The van der Waals surface area contributed by atoms with Crippen LogP contribution >= 0.6 is 0 Å². The highest BCUT2D eigenvalue weighted by atomic mass is 19.4. The number of β-amino-alcohol motifs (C(OH)–C–C–N with tert-alkyl or cyclic N) is 1. The smallest absolute Gasteiger partial charge is 0.416 e. The molecule has 1 aromatic heterocycles. The Balaban J connectivity index is 1.88. The van der Waals surface area contributed by atoms with E-state index in [0.717, 1.165) is 6.07 Å². The number of aryl methyl sites for hydroxylation is 1. The molecule has 1 fully saturated rings. The van der Waals surface area contributed by atoms with Gasteiger partial charge in [-0.2, -0.15) is 13.2 Å². The van der Waals surface area contributed by atoms with Crippen LogP contribution in [0.3, 0.4) is 0 Å². The Morgan fingerprint density at radius 3 is 2.62 bits per heavy atom. The molecule has 2 aromatic rings. The lowest BCUT2D eigenvalue weighted by atomic mass is 9.97. The van der Waals surface area contributed by atoms with E-state index in [-0.39, 0.29) is 25.1 Å². The summed E-state index contributed by atoms with van der Waals surface area (Å²) >= 11 is 0. The molecule has 1 aliphatic heterocycles. The van der Waals surface area contributed by atoms with E-state index >= 15 is 0 Å². The number of alkyl halides is 3.